The van der Waals surface area contributed by atoms with Crippen LogP contribution in [0.5, 0.6) is 0 Å². The van der Waals surface area contributed by atoms with Gasteiger partial charge in [0.05, 0.1) is 12.0 Å². The first kappa shape index (κ1) is 20.3. The Morgan fingerprint density at radius 3 is 2.41 bits per heavy atom. The molecule has 2 amide bonds. The van der Waals surface area contributed by atoms with Crippen LogP contribution in [0.15, 0.2) is 42.6 Å². The number of likely N-dealkylation sites (N-methyl/N-ethyl adjacent to an activating group) is 1. The van der Waals surface area contributed by atoms with Crippen LogP contribution < -0.4 is 21.7 Å². The molecule has 0 aliphatic carbocycles. The van der Waals surface area contributed by atoms with Crippen molar-refractivity contribution < 1.29 is 14.0 Å². The lowest BCUT2D eigenvalue weighted by Gasteiger charge is -2.19. The maximum absolute atomic E-state index is 13.2. The summed E-state index contributed by atoms with van der Waals surface area (Å²) in [6.07, 6.45) is 1.58. The van der Waals surface area contributed by atoms with Gasteiger partial charge < -0.3 is 21.7 Å². The summed E-state index contributed by atoms with van der Waals surface area (Å²) in [6, 6.07) is 8.69. The van der Waals surface area contributed by atoms with Crippen LogP contribution in [-0.4, -0.2) is 36.4 Å². The third kappa shape index (κ3) is 6.03. The van der Waals surface area contributed by atoms with Crippen LogP contribution >= 0.6 is 0 Å². The van der Waals surface area contributed by atoms with Crippen LogP contribution in [0.1, 0.15) is 24.0 Å². The molecule has 1 heterocycles. The molecule has 27 heavy (non-hydrogen) atoms. The number of hydrogen-bond acceptors (Lipinski definition) is 5. The SMILES string of the molecule is CN[C@H](C)C(=O)NC[C@H](C(=O)NCc1ccc(N)nc1)c1ccc(F)cc1. The van der Waals surface area contributed by atoms with Gasteiger partial charge in [0.2, 0.25) is 11.8 Å². The topological polar surface area (TPSA) is 109 Å². The predicted octanol–water partition coefficient (Wildman–Crippen LogP) is 0.927. The van der Waals surface area contributed by atoms with E-state index in [1.807, 2.05) is 0 Å². The van der Waals surface area contributed by atoms with Crippen molar-refractivity contribution in [3.05, 3.63) is 59.5 Å². The van der Waals surface area contributed by atoms with Crippen LogP contribution in [-0.2, 0) is 16.1 Å². The molecule has 0 radical (unpaired) electrons. The average Bonchev–Trinajstić information content (AvgIpc) is 2.68. The molecule has 0 fully saturated rings. The maximum atomic E-state index is 13.2. The van der Waals surface area contributed by atoms with E-state index < -0.39 is 11.7 Å². The molecule has 0 unspecified atom stereocenters. The van der Waals surface area contributed by atoms with E-state index in [-0.39, 0.29) is 30.9 Å². The summed E-state index contributed by atoms with van der Waals surface area (Å²) in [5, 5.41) is 8.40. The second kappa shape index (κ2) is 9.63. The monoisotopic (exact) mass is 373 g/mol. The number of nitrogens with zero attached hydrogens (tertiary/aromatic N) is 1. The minimum Gasteiger partial charge on any atom is -0.384 e. The molecule has 0 saturated heterocycles. The van der Waals surface area contributed by atoms with Crippen molar-refractivity contribution in [2.75, 3.05) is 19.3 Å². The molecule has 2 rings (SSSR count). The molecule has 0 bridgehead atoms. The van der Waals surface area contributed by atoms with Gasteiger partial charge in [0.25, 0.3) is 0 Å². The van der Waals surface area contributed by atoms with E-state index in [1.165, 1.54) is 24.3 Å². The number of aromatic nitrogens is 1. The average molecular weight is 373 g/mol. The molecule has 8 heteroatoms. The van der Waals surface area contributed by atoms with E-state index in [9.17, 15) is 14.0 Å². The van der Waals surface area contributed by atoms with Crippen LogP contribution in [0.3, 0.4) is 0 Å². The third-order valence-electron chi connectivity index (χ3n) is 4.21. The highest BCUT2D eigenvalue weighted by Gasteiger charge is 2.22. The van der Waals surface area contributed by atoms with Crippen LogP contribution in [0.4, 0.5) is 10.2 Å². The zero-order chi connectivity index (χ0) is 19.8. The number of pyridine rings is 1. The minimum atomic E-state index is -0.652. The predicted molar refractivity (Wildman–Crippen MR) is 101 cm³/mol. The van der Waals surface area contributed by atoms with Crippen molar-refractivity contribution >= 4 is 17.6 Å². The number of carbonyl (C=O) groups is 2. The fourth-order valence-electron chi connectivity index (χ4n) is 2.40. The molecule has 144 valence electrons. The highest BCUT2D eigenvalue weighted by Crippen LogP contribution is 2.16. The summed E-state index contributed by atoms with van der Waals surface area (Å²) in [5.74, 6) is -1.15. The van der Waals surface area contributed by atoms with E-state index in [4.69, 9.17) is 5.73 Å². The van der Waals surface area contributed by atoms with Gasteiger partial charge >= 0.3 is 0 Å². The Morgan fingerprint density at radius 1 is 1.11 bits per heavy atom. The van der Waals surface area contributed by atoms with Gasteiger partial charge in [0.15, 0.2) is 0 Å². The van der Waals surface area contributed by atoms with Crippen molar-refractivity contribution in [2.45, 2.75) is 25.4 Å². The normalized spacial score (nSPS) is 12.9. The highest BCUT2D eigenvalue weighted by molar-refractivity contribution is 5.86. The van der Waals surface area contributed by atoms with E-state index in [0.29, 0.717) is 11.4 Å². The maximum Gasteiger partial charge on any atom is 0.236 e. The number of nitrogens with two attached hydrogens (primary N) is 1. The number of benzene rings is 1. The summed E-state index contributed by atoms with van der Waals surface area (Å²) in [5.41, 5.74) is 6.96. The largest absolute Gasteiger partial charge is 0.384 e. The summed E-state index contributed by atoms with van der Waals surface area (Å²) in [6.45, 7) is 2.09. The van der Waals surface area contributed by atoms with Gasteiger partial charge in [0.1, 0.15) is 11.6 Å². The summed E-state index contributed by atoms with van der Waals surface area (Å²) in [7, 11) is 1.68. The number of amides is 2. The quantitative estimate of drug-likeness (QED) is 0.550. The van der Waals surface area contributed by atoms with Gasteiger partial charge in [0, 0.05) is 19.3 Å². The Kier molecular flexibility index (Phi) is 7.25. The molecule has 2 atom stereocenters. The van der Waals surface area contributed by atoms with E-state index in [2.05, 4.69) is 20.9 Å². The first-order valence-corrected chi connectivity index (χ1v) is 8.59. The lowest BCUT2D eigenvalue weighted by atomic mass is 9.97. The zero-order valence-electron chi connectivity index (χ0n) is 15.3. The second-order valence-corrected chi connectivity index (χ2v) is 6.17. The molecular formula is C19H24FN5O2. The molecule has 2 aromatic rings. The Labute approximate surface area is 157 Å². The van der Waals surface area contributed by atoms with E-state index in [1.54, 1.807) is 32.3 Å². The number of nitrogens with one attached hydrogen (secondary N) is 3. The molecule has 1 aromatic carbocycles. The number of rotatable bonds is 8. The fraction of sp³-hybridized carbons (Fsp3) is 0.316. The minimum absolute atomic E-state index is 0.0995. The third-order valence-corrected chi connectivity index (χ3v) is 4.21. The Balaban J connectivity index is 2.07. The second-order valence-electron chi connectivity index (χ2n) is 6.17. The molecule has 0 spiro atoms. The molecule has 0 aliphatic rings. The summed E-state index contributed by atoms with van der Waals surface area (Å²) < 4.78 is 13.2. The summed E-state index contributed by atoms with van der Waals surface area (Å²) >= 11 is 0. The first-order chi connectivity index (χ1) is 12.9. The first-order valence-electron chi connectivity index (χ1n) is 8.59. The molecule has 7 nitrogen and oxygen atoms in total. The lowest BCUT2D eigenvalue weighted by molar-refractivity contribution is -0.124. The van der Waals surface area contributed by atoms with Crippen LogP contribution in [0.25, 0.3) is 0 Å². The molecule has 0 aliphatic heterocycles. The molecule has 5 N–H and O–H groups in total. The number of halogens is 1. The smallest absolute Gasteiger partial charge is 0.236 e. The Bertz CT molecular complexity index is 765. The van der Waals surface area contributed by atoms with Gasteiger partial charge in [-0.25, -0.2) is 9.37 Å². The number of carbonyl (C=O) groups excluding carboxylic acids is 2. The highest BCUT2D eigenvalue weighted by atomic mass is 19.1. The fourth-order valence-corrected chi connectivity index (χ4v) is 2.40. The zero-order valence-corrected chi connectivity index (χ0v) is 15.3. The van der Waals surface area contributed by atoms with Gasteiger partial charge in [-0.2, -0.15) is 0 Å². The van der Waals surface area contributed by atoms with Crippen molar-refractivity contribution in [3.8, 4) is 0 Å². The van der Waals surface area contributed by atoms with E-state index >= 15 is 0 Å². The Hall–Kier alpha value is -3.00. The standard InChI is InChI=1S/C19H24FN5O2/c1-12(22-2)18(26)25-11-16(14-4-6-15(20)7-5-14)19(27)24-10-13-3-8-17(21)23-9-13/h3-9,12,16,22H,10-11H2,1-2H3,(H2,21,23)(H,24,27)(H,25,26)/t12-,16+/m1/s1. The molecule has 1 aromatic heterocycles. The molecular weight excluding hydrogens is 349 g/mol. The number of nitrogen functional groups attached to an aromatic ring is 1. The van der Waals surface area contributed by atoms with Crippen molar-refractivity contribution in [3.63, 3.8) is 0 Å². The van der Waals surface area contributed by atoms with Crippen LogP contribution in [0, 0.1) is 5.82 Å². The Morgan fingerprint density at radius 2 is 1.81 bits per heavy atom. The summed E-state index contributed by atoms with van der Waals surface area (Å²) in [4.78, 5) is 28.7. The number of anilines is 1. The van der Waals surface area contributed by atoms with Gasteiger partial charge in [-0.05, 0) is 43.3 Å². The van der Waals surface area contributed by atoms with E-state index in [0.717, 1.165) is 5.56 Å². The number of hydrogen-bond donors (Lipinski definition) is 4. The van der Waals surface area contributed by atoms with Gasteiger partial charge in [-0.15, -0.1) is 0 Å². The van der Waals surface area contributed by atoms with Crippen molar-refractivity contribution in [1.29, 1.82) is 0 Å². The van der Waals surface area contributed by atoms with Crippen LogP contribution in [0.2, 0.25) is 0 Å². The molecule has 0 saturated carbocycles. The van der Waals surface area contributed by atoms with Crippen molar-refractivity contribution in [1.82, 2.24) is 20.9 Å². The van der Waals surface area contributed by atoms with Crippen molar-refractivity contribution in [2.24, 2.45) is 0 Å². The lowest BCUT2D eigenvalue weighted by Crippen LogP contribution is -2.44. The van der Waals surface area contributed by atoms with Gasteiger partial charge in [-0.1, -0.05) is 18.2 Å². The van der Waals surface area contributed by atoms with Gasteiger partial charge in [-0.3, -0.25) is 9.59 Å².